The van der Waals surface area contributed by atoms with Gasteiger partial charge in [0.15, 0.2) is 5.65 Å². The molecule has 0 amide bonds. The van der Waals surface area contributed by atoms with Crippen molar-refractivity contribution >= 4 is 28.8 Å². The van der Waals surface area contributed by atoms with E-state index >= 15 is 0 Å². The van der Waals surface area contributed by atoms with Gasteiger partial charge in [0.25, 0.3) is 0 Å². The molecule has 10 heteroatoms. The first-order valence-corrected chi connectivity index (χ1v) is 10.0. The number of esters is 2. The highest BCUT2D eigenvalue weighted by atomic mass is 16.6. The number of carbonyl (C=O) groups excluding carboxylic acids is 2. The fourth-order valence-corrected chi connectivity index (χ4v) is 3.14. The summed E-state index contributed by atoms with van der Waals surface area (Å²) in [7, 11) is 0. The van der Waals surface area contributed by atoms with E-state index in [1.54, 1.807) is 37.0 Å². The van der Waals surface area contributed by atoms with Gasteiger partial charge >= 0.3 is 11.9 Å². The van der Waals surface area contributed by atoms with Crippen molar-refractivity contribution in [3.8, 4) is 0 Å². The van der Waals surface area contributed by atoms with Crippen LogP contribution >= 0.6 is 0 Å². The number of imidazole rings is 1. The maximum absolute atomic E-state index is 12.4. The molecular formula is C20H29N5O5. The van der Waals surface area contributed by atoms with Crippen molar-refractivity contribution in [2.45, 2.75) is 58.6 Å². The molecule has 3 heterocycles. The number of fused-ring (bicyclic) bond motifs is 1. The van der Waals surface area contributed by atoms with Crippen LogP contribution in [0, 0.1) is 11.8 Å². The van der Waals surface area contributed by atoms with E-state index < -0.39 is 30.4 Å². The number of nitrogen functional groups attached to an aromatic ring is 1. The number of hydrogen-bond acceptors (Lipinski definition) is 9. The van der Waals surface area contributed by atoms with Crippen molar-refractivity contribution < 1.29 is 23.8 Å². The van der Waals surface area contributed by atoms with Gasteiger partial charge in [0.1, 0.15) is 36.6 Å². The fraction of sp³-hybridized carbons (Fsp3) is 0.600. The number of carbonyl (C=O) groups is 2. The maximum atomic E-state index is 12.4. The van der Waals surface area contributed by atoms with Crippen LogP contribution in [-0.2, 0) is 23.8 Å². The Morgan fingerprint density at radius 1 is 1.27 bits per heavy atom. The summed E-state index contributed by atoms with van der Waals surface area (Å²) in [5, 5.41) is 0. The third kappa shape index (κ3) is 4.54. The topological polar surface area (TPSA) is 145 Å². The first kappa shape index (κ1) is 22.0. The smallest absolute Gasteiger partial charge is 0.323 e. The summed E-state index contributed by atoms with van der Waals surface area (Å²) in [5.41, 5.74) is 13.5. The van der Waals surface area contributed by atoms with Crippen LogP contribution < -0.4 is 11.5 Å². The third-order valence-electron chi connectivity index (χ3n) is 5.10. The van der Waals surface area contributed by atoms with E-state index in [-0.39, 0.29) is 24.4 Å². The Labute approximate surface area is 174 Å². The zero-order valence-corrected chi connectivity index (χ0v) is 17.6. The van der Waals surface area contributed by atoms with Crippen molar-refractivity contribution in [3.05, 3.63) is 18.6 Å². The highest BCUT2D eigenvalue weighted by Crippen LogP contribution is 2.34. The predicted molar refractivity (Wildman–Crippen MR) is 109 cm³/mol. The van der Waals surface area contributed by atoms with E-state index in [2.05, 4.69) is 9.97 Å². The number of ether oxygens (including phenoxy) is 3. The molecule has 1 unspecified atom stereocenters. The zero-order chi connectivity index (χ0) is 22.0. The van der Waals surface area contributed by atoms with E-state index in [0.29, 0.717) is 23.3 Å². The average Bonchev–Trinajstić information content (AvgIpc) is 3.29. The summed E-state index contributed by atoms with van der Waals surface area (Å²) in [4.78, 5) is 33.0. The SMILES string of the molecule is CC(C)C(=O)OC[C@H]1O[C@@H](n2cnc3c(N)ccnc32)CC1OC(=O)[C@@H](N)C(C)C. The van der Waals surface area contributed by atoms with Crippen LogP contribution in [0.3, 0.4) is 0 Å². The lowest BCUT2D eigenvalue weighted by atomic mass is 10.1. The van der Waals surface area contributed by atoms with E-state index in [9.17, 15) is 9.59 Å². The van der Waals surface area contributed by atoms with E-state index in [1.807, 2.05) is 13.8 Å². The first-order valence-electron chi connectivity index (χ1n) is 10.0. The van der Waals surface area contributed by atoms with Crippen molar-refractivity contribution in [3.63, 3.8) is 0 Å². The van der Waals surface area contributed by atoms with Crippen LogP contribution in [0.4, 0.5) is 5.69 Å². The van der Waals surface area contributed by atoms with Gasteiger partial charge in [-0.2, -0.15) is 0 Å². The Hall–Kier alpha value is -2.72. The molecule has 1 aliphatic rings. The summed E-state index contributed by atoms with van der Waals surface area (Å²) in [6, 6.07) is 0.916. The molecule has 0 spiro atoms. The van der Waals surface area contributed by atoms with Gasteiger partial charge in [-0.1, -0.05) is 27.7 Å². The second kappa shape index (κ2) is 8.97. The molecule has 0 saturated carbocycles. The first-order chi connectivity index (χ1) is 14.2. The number of anilines is 1. The molecule has 1 saturated heterocycles. The quantitative estimate of drug-likeness (QED) is 0.636. The van der Waals surface area contributed by atoms with Crippen molar-refractivity contribution in [2.75, 3.05) is 12.3 Å². The molecular weight excluding hydrogens is 390 g/mol. The summed E-state index contributed by atoms with van der Waals surface area (Å²) < 4.78 is 18.8. The Balaban J connectivity index is 1.80. The summed E-state index contributed by atoms with van der Waals surface area (Å²) in [6.45, 7) is 7.14. The largest absolute Gasteiger partial charge is 0.463 e. The molecule has 0 radical (unpaired) electrons. The van der Waals surface area contributed by atoms with Gasteiger partial charge in [0, 0.05) is 12.6 Å². The molecule has 0 aliphatic carbocycles. The monoisotopic (exact) mass is 419 g/mol. The van der Waals surface area contributed by atoms with Crippen molar-refractivity contribution in [1.82, 2.24) is 14.5 Å². The zero-order valence-electron chi connectivity index (χ0n) is 17.6. The van der Waals surface area contributed by atoms with Crippen LogP contribution in [0.1, 0.15) is 40.3 Å². The number of hydrogen-bond donors (Lipinski definition) is 2. The van der Waals surface area contributed by atoms with Crippen LogP contribution in [-0.4, -0.2) is 51.3 Å². The van der Waals surface area contributed by atoms with Gasteiger partial charge in [0.2, 0.25) is 0 Å². The second-order valence-electron chi connectivity index (χ2n) is 8.12. The van der Waals surface area contributed by atoms with Crippen LogP contribution in [0.5, 0.6) is 0 Å². The van der Waals surface area contributed by atoms with Gasteiger partial charge in [-0.05, 0) is 12.0 Å². The second-order valence-corrected chi connectivity index (χ2v) is 8.12. The molecule has 1 fully saturated rings. The molecule has 4 N–H and O–H groups in total. The van der Waals surface area contributed by atoms with Gasteiger partial charge in [-0.15, -0.1) is 0 Å². The molecule has 164 valence electrons. The van der Waals surface area contributed by atoms with Gasteiger partial charge in [-0.25, -0.2) is 9.97 Å². The molecule has 0 aromatic carbocycles. The highest BCUT2D eigenvalue weighted by molar-refractivity contribution is 5.83. The lowest BCUT2D eigenvalue weighted by Crippen LogP contribution is -2.41. The summed E-state index contributed by atoms with van der Waals surface area (Å²) >= 11 is 0. The summed E-state index contributed by atoms with van der Waals surface area (Å²) in [6.07, 6.45) is 1.72. The molecule has 1 aliphatic heterocycles. The van der Waals surface area contributed by atoms with E-state index in [0.717, 1.165) is 0 Å². The van der Waals surface area contributed by atoms with E-state index in [1.165, 1.54) is 0 Å². The van der Waals surface area contributed by atoms with Gasteiger partial charge < -0.3 is 25.7 Å². The van der Waals surface area contributed by atoms with Crippen LogP contribution in [0.15, 0.2) is 18.6 Å². The molecule has 0 bridgehead atoms. The molecule has 2 aromatic heterocycles. The molecule has 3 rings (SSSR count). The lowest BCUT2D eigenvalue weighted by Gasteiger charge is -2.22. The Morgan fingerprint density at radius 3 is 2.67 bits per heavy atom. The van der Waals surface area contributed by atoms with Crippen LogP contribution in [0.2, 0.25) is 0 Å². The minimum absolute atomic E-state index is 0.0371. The van der Waals surface area contributed by atoms with Crippen LogP contribution in [0.25, 0.3) is 11.2 Å². The molecule has 10 nitrogen and oxygen atoms in total. The number of aromatic nitrogens is 3. The number of pyridine rings is 1. The lowest BCUT2D eigenvalue weighted by molar-refractivity contribution is -0.161. The third-order valence-corrected chi connectivity index (χ3v) is 5.10. The van der Waals surface area contributed by atoms with E-state index in [4.69, 9.17) is 25.7 Å². The minimum Gasteiger partial charge on any atom is -0.463 e. The summed E-state index contributed by atoms with van der Waals surface area (Å²) in [5.74, 6) is -1.22. The van der Waals surface area contributed by atoms with Crippen molar-refractivity contribution in [1.29, 1.82) is 0 Å². The van der Waals surface area contributed by atoms with Crippen molar-refractivity contribution in [2.24, 2.45) is 17.6 Å². The molecule has 4 atom stereocenters. The Bertz CT molecular complexity index is 912. The number of nitrogens with zero attached hydrogens (tertiary/aromatic N) is 3. The Morgan fingerprint density at radius 2 is 2.00 bits per heavy atom. The minimum atomic E-state index is -0.751. The molecule has 2 aromatic rings. The fourth-order valence-electron chi connectivity index (χ4n) is 3.14. The Kier molecular flexibility index (Phi) is 6.57. The number of rotatable bonds is 7. The number of nitrogens with two attached hydrogens (primary N) is 2. The predicted octanol–water partition coefficient (Wildman–Crippen LogP) is 1.40. The maximum Gasteiger partial charge on any atom is 0.323 e. The van der Waals surface area contributed by atoms with Gasteiger partial charge in [0.05, 0.1) is 17.9 Å². The highest BCUT2D eigenvalue weighted by Gasteiger charge is 2.41. The average molecular weight is 419 g/mol. The standard InChI is InChI=1S/C20H29N5O5/c1-10(2)16(22)20(27)30-13-7-15(29-14(13)8-28-19(26)11(3)4)25-9-24-17-12(21)5-6-23-18(17)25/h5-6,9-11,13-16H,7-8,22H2,1-4H3,(H2,21,23)/t13?,14-,15-,16+/m1/s1. The van der Waals surface area contributed by atoms with Gasteiger partial charge in [-0.3, -0.25) is 14.2 Å². The normalized spacial score (nSPS) is 22.6. The molecule has 30 heavy (non-hydrogen) atoms.